The first-order valence-corrected chi connectivity index (χ1v) is 10.3. The van der Waals surface area contributed by atoms with Gasteiger partial charge >= 0.3 is 0 Å². The summed E-state index contributed by atoms with van der Waals surface area (Å²) in [6, 6.07) is 24.0. The van der Waals surface area contributed by atoms with Gasteiger partial charge in [-0.3, -0.25) is 9.69 Å². The Morgan fingerprint density at radius 1 is 0.967 bits per heavy atom. The molecular weight excluding hydrogens is 417 g/mol. The minimum atomic E-state index is -0.0260. The minimum Gasteiger partial charge on any atom is -0.305 e. The van der Waals surface area contributed by atoms with Crippen LogP contribution in [0.15, 0.2) is 79.0 Å². The first kappa shape index (κ1) is 22.3. The van der Waals surface area contributed by atoms with E-state index >= 15 is 0 Å². The van der Waals surface area contributed by atoms with Crippen LogP contribution in [-0.2, 0) is 6.54 Å². The highest BCUT2D eigenvalue weighted by Crippen LogP contribution is 2.26. The van der Waals surface area contributed by atoms with E-state index in [-0.39, 0.29) is 24.4 Å². The Morgan fingerprint density at radius 3 is 2.20 bits per heavy atom. The van der Waals surface area contributed by atoms with Gasteiger partial charge in [-0.2, -0.15) is 0 Å². The van der Waals surface area contributed by atoms with Crippen LogP contribution in [0.5, 0.6) is 0 Å². The smallest absolute Gasteiger partial charge is 0.260 e. The van der Waals surface area contributed by atoms with Gasteiger partial charge in [0, 0.05) is 37.6 Å². The van der Waals surface area contributed by atoms with Crippen LogP contribution in [0.25, 0.3) is 0 Å². The van der Waals surface area contributed by atoms with Crippen LogP contribution in [0.1, 0.15) is 28.8 Å². The second-order valence-electron chi connectivity index (χ2n) is 7.37. The van der Waals surface area contributed by atoms with Crippen molar-refractivity contribution in [2.24, 2.45) is 0 Å². The Bertz CT molecular complexity index is 928. The number of pyridine rings is 1. The first-order chi connectivity index (χ1) is 14.2. The Balaban J connectivity index is 0.00000256. The Morgan fingerprint density at radius 2 is 1.60 bits per heavy atom. The summed E-state index contributed by atoms with van der Waals surface area (Å²) in [5.74, 6) is -0.0260. The summed E-state index contributed by atoms with van der Waals surface area (Å²) < 4.78 is 0. The molecule has 2 aromatic carbocycles. The summed E-state index contributed by atoms with van der Waals surface area (Å²) in [5, 5.41) is 0.391. The SMILES string of the molecule is Cl.O=C(c1ccc(Cl)nc1)N(c1ccccc1)C1CCN(Cc2ccccc2)CC1. The molecule has 1 aromatic heterocycles. The third-order valence-corrected chi connectivity index (χ3v) is 5.62. The number of rotatable bonds is 5. The van der Waals surface area contributed by atoms with Crippen molar-refractivity contribution in [1.29, 1.82) is 0 Å². The molecule has 0 aliphatic carbocycles. The van der Waals surface area contributed by atoms with Gasteiger partial charge in [-0.1, -0.05) is 60.1 Å². The highest BCUT2D eigenvalue weighted by molar-refractivity contribution is 6.29. The molecule has 2 heterocycles. The monoisotopic (exact) mass is 441 g/mol. The van der Waals surface area contributed by atoms with Crippen LogP contribution in [-0.4, -0.2) is 34.9 Å². The molecule has 1 amide bonds. The standard InChI is InChI=1S/C24H24ClN3O.ClH/c25-23-12-11-20(17-26-23)24(29)28(21-9-5-2-6-10-21)22-13-15-27(16-14-22)18-19-7-3-1-4-8-19;/h1-12,17,22H,13-16,18H2;1H. The zero-order valence-corrected chi connectivity index (χ0v) is 18.2. The highest BCUT2D eigenvalue weighted by atomic mass is 35.5. The maximum absolute atomic E-state index is 13.4. The highest BCUT2D eigenvalue weighted by Gasteiger charge is 2.30. The normalized spacial score (nSPS) is 14.7. The number of amides is 1. The Kier molecular flexibility index (Phi) is 7.86. The third-order valence-electron chi connectivity index (χ3n) is 5.40. The summed E-state index contributed by atoms with van der Waals surface area (Å²) in [5.41, 5.74) is 2.81. The van der Waals surface area contributed by atoms with E-state index in [0.29, 0.717) is 10.7 Å². The molecule has 4 rings (SSSR count). The van der Waals surface area contributed by atoms with Gasteiger partial charge in [0.05, 0.1) is 5.56 Å². The summed E-state index contributed by atoms with van der Waals surface area (Å²) in [7, 11) is 0. The predicted molar refractivity (Wildman–Crippen MR) is 124 cm³/mol. The van der Waals surface area contributed by atoms with Gasteiger partial charge in [0.1, 0.15) is 5.15 Å². The van der Waals surface area contributed by atoms with Crippen LogP contribution in [0.3, 0.4) is 0 Å². The number of halogens is 2. The van der Waals surface area contributed by atoms with Gasteiger partial charge in [0.15, 0.2) is 0 Å². The van der Waals surface area contributed by atoms with Crippen LogP contribution < -0.4 is 4.90 Å². The van der Waals surface area contributed by atoms with Crippen LogP contribution in [0.2, 0.25) is 5.15 Å². The van der Waals surface area contributed by atoms with Gasteiger partial charge in [0.2, 0.25) is 0 Å². The largest absolute Gasteiger partial charge is 0.305 e. The van der Waals surface area contributed by atoms with E-state index < -0.39 is 0 Å². The molecule has 0 saturated carbocycles. The number of hydrogen-bond acceptors (Lipinski definition) is 3. The number of piperidine rings is 1. The van der Waals surface area contributed by atoms with E-state index in [1.54, 1.807) is 18.3 Å². The fraction of sp³-hybridized carbons (Fsp3) is 0.250. The quantitative estimate of drug-likeness (QED) is 0.492. The number of hydrogen-bond donors (Lipinski definition) is 0. The molecule has 156 valence electrons. The van der Waals surface area contributed by atoms with Crippen molar-refractivity contribution in [2.45, 2.75) is 25.4 Å². The lowest BCUT2D eigenvalue weighted by molar-refractivity contribution is 0.0958. The van der Waals surface area contributed by atoms with Crippen molar-refractivity contribution >= 4 is 35.6 Å². The van der Waals surface area contributed by atoms with Crippen molar-refractivity contribution in [3.05, 3.63) is 95.3 Å². The number of para-hydroxylation sites is 1. The van der Waals surface area contributed by atoms with Gasteiger partial charge in [0.25, 0.3) is 5.91 Å². The Labute approximate surface area is 188 Å². The predicted octanol–water partition coefficient (Wildman–Crippen LogP) is 5.47. The molecule has 1 saturated heterocycles. The number of likely N-dealkylation sites (tertiary alicyclic amines) is 1. The molecule has 0 N–H and O–H groups in total. The molecule has 3 aromatic rings. The second-order valence-corrected chi connectivity index (χ2v) is 7.76. The molecule has 4 nitrogen and oxygen atoms in total. The molecule has 30 heavy (non-hydrogen) atoms. The molecule has 0 radical (unpaired) electrons. The zero-order chi connectivity index (χ0) is 20.1. The van der Waals surface area contributed by atoms with Crippen LogP contribution in [0.4, 0.5) is 5.69 Å². The molecule has 1 aliphatic rings. The number of nitrogens with zero attached hydrogens (tertiary/aromatic N) is 3. The van der Waals surface area contributed by atoms with Crippen molar-refractivity contribution in [1.82, 2.24) is 9.88 Å². The van der Waals surface area contributed by atoms with Gasteiger partial charge in [-0.25, -0.2) is 4.98 Å². The maximum Gasteiger partial charge on any atom is 0.260 e. The lowest BCUT2D eigenvalue weighted by atomic mass is 10.0. The summed E-state index contributed by atoms with van der Waals surface area (Å²) in [6.07, 6.45) is 3.44. The lowest BCUT2D eigenvalue weighted by Crippen LogP contribution is -2.47. The van der Waals surface area contributed by atoms with E-state index in [1.807, 2.05) is 41.3 Å². The van der Waals surface area contributed by atoms with Crippen LogP contribution in [0, 0.1) is 0 Å². The van der Waals surface area contributed by atoms with Gasteiger partial charge in [-0.05, 0) is 42.7 Å². The molecule has 0 atom stereocenters. The van der Waals surface area contributed by atoms with Crippen molar-refractivity contribution in [3.63, 3.8) is 0 Å². The molecular formula is C24H25Cl2N3O. The van der Waals surface area contributed by atoms with Crippen molar-refractivity contribution < 1.29 is 4.79 Å². The summed E-state index contributed by atoms with van der Waals surface area (Å²) in [4.78, 5) is 21.8. The molecule has 0 spiro atoms. The lowest BCUT2D eigenvalue weighted by Gasteiger charge is -2.38. The fourth-order valence-corrected chi connectivity index (χ4v) is 4.01. The van der Waals surface area contributed by atoms with E-state index in [0.717, 1.165) is 38.2 Å². The molecule has 0 bridgehead atoms. The number of benzene rings is 2. The minimum absolute atomic E-state index is 0. The molecule has 1 aliphatic heterocycles. The van der Waals surface area contributed by atoms with E-state index in [9.17, 15) is 4.79 Å². The van der Waals surface area contributed by atoms with E-state index in [1.165, 1.54) is 5.56 Å². The van der Waals surface area contributed by atoms with Gasteiger partial charge < -0.3 is 4.90 Å². The van der Waals surface area contributed by atoms with Crippen molar-refractivity contribution in [3.8, 4) is 0 Å². The molecule has 6 heteroatoms. The van der Waals surface area contributed by atoms with E-state index in [2.05, 4.69) is 34.1 Å². The molecule has 1 fully saturated rings. The summed E-state index contributed by atoms with van der Waals surface area (Å²) in [6.45, 7) is 2.89. The average Bonchev–Trinajstić information content (AvgIpc) is 2.77. The van der Waals surface area contributed by atoms with Crippen molar-refractivity contribution in [2.75, 3.05) is 18.0 Å². The summed E-state index contributed by atoms with van der Waals surface area (Å²) >= 11 is 5.90. The maximum atomic E-state index is 13.4. The first-order valence-electron chi connectivity index (χ1n) is 9.97. The van der Waals surface area contributed by atoms with Gasteiger partial charge in [-0.15, -0.1) is 12.4 Å². The topological polar surface area (TPSA) is 36.4 Å². The average molecular weight is 442 g/mol. The number of aromatic nitrogens is 1. The second kappa shape index (κ2) is 10.6. The number of carbonyl (C=O) groups is 1. The number of carbonyl (C=O) groups excluding carboxylic acids is 1. The zero-order valence-electron chi connectivity index (χ0n) is 16.7. The molecule has 0 unspecified atom stereocenters. The van der Waals surface area contributed by atoms with Crippen LogP contribution >= 0.6 is 24.0 Å². The number of anilines is 1. The third kappa shape index (κ3) is 5.39. The fourth-order valence-electron chi connectivity index (χ4n) is 3.90. The Hall–Kier alpha value is -2.40. The van der Waals surface area contributed by atoms with E-state index in [4.69, 9.17) is 11.6 Å².